The fourth-order valence-electron chi connectivity index (χ4n) is 5.26. The molecule has 0 fully saturated rings. The van der Waals surface area contributed by atoms with Crippen molar-refractivity contribution in [3.63, 3.8) is 0 Å². The van der Waals surface area contributed by atoms with E-state index < -0.39 is 23.9 Å². The predicted molar refractivity (Wildman–Crippen MR) is 142 cm³/mol. The Bertz CT molecular complexity index is 1380. The molecule has 0 bridgehead atoms. The van der Waals surface area contributed by atoms with Gasteiger partial charge in [0.1, 0.15) is 17.8 Å². The second-order valence-electron chi connectivity index (χ2n) is 9.81. The first-order chi connectivity index (χ1) is 18.9. The summed E-state index contributed by atoms with van der Waals surface area (Å²) in [4.78, 5) is 55.4. The Morgan fingerprint density at radius 1 is 1.13 bits per heavy atom. The first-order valence-electron chi connectivity index (χ1n) is 13.1. The van der Waals surface area contributed by atoms with E-state index in [4.69, 9.17) is 0 Å². The highest BCUT2D eigenvalue weighted by molar-refractivity contribution is 6.08. The van der Waals surface area contributed by atoms with Crippen LogP contribution in [-0.2, 0) is 38.6 Å². The van der Waals surface area contributed by atoms with Gasteiger partial charge in [-0.2, -0.15) is 15.4 Å². The number of aryl methyl sites for hydroxylation is 1. The molecule has 0 aliphatic carbocycles. The van der Waals surface area contributed by atoms with Crippen LogP contribution in [-0.4, -0.2) is 56.1 Å². The third kappa shape index (κ3) is 5.12. The number of nitrogens with zero attached hydrogens (tertiary/aromatic N) is 4. The molecule has 1 unspecified atom stereocenters. The summed E-state index contributed by atoms with van der Waals surface area (Å²) in [5.74, 6) is -2.02. The van der Waals surface area contributed by atoms with Gasteiger partial charge in [0.05, 0.1) is 24.3 Å². The lowest BCUT2D eigenvalue weighted by Gasteiger charge is -2.34. The number of hydrogen-bond donors (Lipinski definition) is 3. The molecule has 3 N–H and O–H groups in total. The Morgan fingerprint density at radius 2 is 1.90 bits per heavy atom. The minimum absolute atomic E-state index is 0.101. The number of rotatable bonds is 7. The number of anilines is 1. The molecule has 39 heavy (non-hydrogen) atoms. The summed E-state index contributed by atoms with van der Waals surface area (Å²) < 4.78 is 0. The van der Waals surface area contributed by atoms with E-state index in [9.17, 15) is 19.2 Å². The molecule has 3 aromatic rings. The maximum Gasteiger partial charge on any atom is 0.252 e. The van der Waals surface area contributed by atoms with Crippen LogP contribution in [0.2, 0.25) is 0 Å². The summed E-state index contributed by atoms with van der Waals surface area (Å²) in [5, 5.41) is 14.2. The molecule has 202 valence electrons. The average Bonchev–Trinajstić information content (AvgIpc) is 3.60. The predicted octanol–water partition coefficient (Wildman–Crippen LogP) is 1.77. The Labute approximate surface area is 225 Å². The Hall–Kier alpha value is -4.54. The molecular formula is C28H31N7O4. The molecular weight excluding hydrogens is 498 g/mol. The van der Waals surface area contributed by atoms with Crippen molar-refractivity contribution in [2.75, 3.05) is 4.90 Å². The molecule has 3 heterocycles. The second kappa shape index (κ2) is 11.1. The Kier molecular flexibility index (Phi) is 7.40. The van der Waals surface area contributed by atoms with E-state index in [1.54, 1.807) is 13.8 Å². The van der Waals surface area contributed by atoms with Crippen molar-refractivity contribution in [1.29, 1.82) is 0 Å². The normalized spacial score (nSPS) is 18.6. The van der Waals surface area contributed by atoms with Crippen LogP contribution in [0.5, 0.6) is 0 Å². The molecule has 1 aromatic heterocycles. The maximum atomic E-state index is 14.2. The maximum absolute atomic E-state index is 14.2. The van der Waals surface area contributed by atoms with Crippen LogP contribution in [0.4, 0.5) is 5.69 Å². The average molecular weight is 530 g/mol. The van der Waals surface area contributed by atoms with Crippen LogP contribution in [0, 0.1) is 0 Å². The zero-order valence-corrected chi connectivity index (χ0v) is 21.9. The fourth-order valence-corrected chi connectivity index (χ4v) is 5.26. The number of carbonyl (C=O) groups excluding carboxylic acids is 4. The summed E-state index contributed by atoms with van der Waals surface area (Å²) >= 11 is 0. The van der Waals surface area contributed by atoms with E-state index in [0.29, 0.717) is 25.0 Å². The van der Waals surface area contributed by atoms with Crippen molar-refractivity contribution in [3.8, 4) is 0 Å². The van der Waals surface area contributed by atoms with Crippen LogP contribution in [0.3, 0.4) is 0 Å². The van der Waals surface area contributed by atoms with Crippen molar-refractivity contribution >= 4 is 29.3 Å². The zero-order chi connectivity index (χ0) is 27.5. The summed E-state index contributed by atoms with van der Waals surface area (Å²) in [6, 6.07) is 13.3. The molecule has 0 saturated heterocycles. The third-order valence-electron chi connectivity index (χ3n) is 7.40. The van der Waals surface area contributed by atoms with Crippen molar-refractivity contribution in [3.05, 3.63) is 77.1 Å². The lowest BCUT2D eigenvalue weighted by molar-refractivity contribution is -0.149. The molecule has 2 aliphatic heterocycles. The van der Waals surface area contributed by atoms with Crippen molar-refractivity contribution in [1.82, 2.24) is 31.2 Å². The largest absolute Gasteiger partial charge is 0.348 e. The molecule has 2 aliphatic rings. The summed E-state index contributed by atoms with van der Waals surface area (Å²) in [5.41, 5.74) is 6.67. The first-order valence-corrected chi connectivity index (χ1v) is 13.1. The highest BCUT2D eigenvalue weighted by Crippen LogP contribution is 2.39. The fraction of sp³-hybridized carbons (Fsp3) is 0.357. The summed E-state index contributed by atoms with van der Waals surface area (Å²) in [6.45, 7) is 3.60. The van der Waals surface area contributed by atoms with E-state index in [1.165, 1.54) is 16.1 Å². The van der Waals surface area contributed by atoms with Gasteiger partial charge in [0.2, 0.25) is 17.7 Å². The molecule has 3 atom stereocenters. The van der Waals surface area contributed by atoms with Gasteiger partial charge in [-0.05, 0) is 36.5 Å². The molecule has 5 rings (SSSR count). The SMILES string of the molecule is CCC(=O)N(NC(=O)C(C)c1ccccc1)[C@H]1CCc2cccc3c2N(C1=O)[C@H](C(=O)NCc1cn[nH]n1)C3. The second-order valence-corrected chi connectivity index (χ2v) is 9.81. The van der Waals surface area contributed by atoms with Gasteiger partial charge in [0, 0.05) is 12.8 Å². The zero-order valence-electron chi connectivity index (χ0n) is 21.9. The molecule has 0 spiro atoms. The van der Waals surface area contributed by atoms with Crippen LogP contribution in [0.1, 0.15) is 55.0 Å². The monoisotopic (exact) mass is 529 g/mol. The number of benzene rings is 2. The van der Waals surface area contributed by atoms with Crippen molar-refractivity contribution < 1.29 is 19.2 Å². The standard InChI is InChI=1S/C28H31N7O4/c1-3-24(36)35(32-26(37)17(2)18-8-5-4-6-9-18)22-13-12-19-10-7-11-20-14-23(34(25(19)20)28(22)39)27(38)29-15-21-16-30-33-31-21/h4-11,16-17,22-23H,3,12-15H2,1-2H3,(H,29,38)(H,32,37)(H,30,31,33)/t17?,22-,23-/m0/s1. The number of nitrogens with one attached hydrogen (secondary N) is 3. The van der Waals surface area contributed by atoms with E-state index in [0.717, 1.165) is 22.4 Å². The molecule has 4 amide bonds. The minimum atomic E-state index is -0.964. The van der Waals surface area contributed by atoms with Gasteiger partial charge in [-0.25, -0.2) is 5.01 Å². The van der Waals surface area contributed by atoms with Crippen LogP contribution >= 0.6 is 0 Å². The van der Waals surface area contributed by atoms with Gasteiger partial charge in [0.15, 0.2) is 0 Å². The Morgan fingerprint density at radius 3 is 2.62 bits per heavy atom. The van der Waals surface area contributed by atoms with Crippen molar-refractivity contribution in [2.45, 2.75) is 64.1 Å². The number of hydrazine groups is 1. The van der Waals surface area contributed by atoms with E-state index in [-0.39, 0.29) is 30.7 Å². The number of amides is 4. The van der Waals surface area contributed by atoms with E-state index in [2.05, 4.69) is 26.2 Å². The number of hydrogen-bond acceptors (Lipinski definition) is 6. The van der Waals surface area contributed by atoms with Gasteiger partial charge >= 0.3 is 0 Å². The number of aromatic amines is 1. The van der Waals surface area contributed by atoms with Gasteiger partial charge in [-0.1, -0.05) is 55.5 Å². The first kappa shape index (κ1) is 26.1. The highest BCUT2D eigenvalue weighted by atomic mass is 16.2. The minimum Gasteiger partial charge on any atom is -0.348 e. The van der Waals surface area contributed by atoms with E-state index in [1.807, 2.05) is 48.5 Å². The van der Waals surface area contributed by atoms with Crippen LogP contribution in [0.25, 0.3) is 0 Å². The molecule has 11 heteroatoms. The van der Waals surface area contributed by atoms with Crippen LogP contribution < -0.4 is 15.6 Å². The highest BCUT2D eigenvalue weighted by Gasteiger charge is 2.46. The van der Waals surface area contributed by atoms with Crippen LogP contribution in [0.15, 0.2) is 54.7 Å². The summed E-state index contributed by atoms with van der Waals surface area (Å²) in [7, 11) is 0. The number of aromatic nitrogens is 3. The van der Waals surface area contributed by atoms with Gasteiger partial charge in [-0.15, -0.1) is 0 Å². The quantitative estimate of drug-likeness (QED) is 0.399. The third-order valence-corrected chi connectivity index (χ3v) is 7.40. The lowest BCUT2D eigenvalue weighted by atomic mass is 10.00. The molecule has 2 aromatic carbocycles. The number of para-hydroxylation sites is 1. The molecule has 0 saturated carbocycles. The topological polar surface area (TPSA) is 140 Å². The molecule has 0 radical (unpaired) electrons. The van der Waals surface area contributed by atoms with Gasteiger partial charge < -0.3 is 5.32 Å². The number of H-pyrrole nitrogens is 1. The lowest BCUT2D eigenvalue weighted by Crippen LogP contribution is -2.60. The smallest absolute Gasteiger partial charge is 0.252 e. The number of carbonyl (C=O) groups is 4. The van der Waals surface area contributed by atoms with Gasteiger partial charge in [0.25, 0.3) is 5.91 Å². The molecule has 11 nitrogen and oxygen atoms in total. The van der Waals surface area contributed by atoms with E-state index >= 15 is 0 Å². The van der Waals surface area contributed by atoms with Crippen molar-refractivity contribution in [2.24, 2.45) is 0 Å². The Balaban J connectivity index is 1.42. The van der Waals surface area contributed by atoms with Gasteiger partial charge in [-0.3, -0.25) is 29.5 Å². The summed E-state index contributed by atoms with van der Waals surface area (Å²) in [6.07, 6.45) is 2.79.